The summed E-state index contributed by atoms with van der Waals surface area (Å²) in [6, 6.07) is 4.01. The molecule has 39 heavy (non-hydrogen) atoms. The van der Waals surface area contributed by atoms with Gasteiger partial charge in [0.15, 0.2) is 11.6 Å². The van der Waals surface area contributed by atoms with Crippen molar-refractivity contribution in [2.75, 3.05) is 26.0 Å². The summed E-state index contributed by atoms with van der Waals surface area (Å²) in [6.45, 7) is -0.431. The van der Waals surface area contributed by atoms with Crippen molar-refractivity contribution in [2.45, 2.75) is 49.9 Å². The highest BCUT2D eigenvalue weighted by atomic mass is 32.2. The highest BCUT2D eigenvalue weighted by Crippen LogP contribution is 2.39. The zero-order chi connectivity index (χ0) is 29.2. The number of rotatable bonds is 7. The molecule has 0 unspecified atom stereocenters. The first-order chi connectivity index (χ1) is 17.9. The summed E-state index contributed by atoms with van der Waals surface area (Å²) in [5, 5.41) is 0. The van der Waals surface area contributed by atoms with E-state index >= 15 is 0 Å². The number of halogens is 8. The third-order valence-electron chi connectivity index (χ3n) is 6.59. The molecule has 0 N–H and O–H groups in total. The van der Waals surface area contributed by atoms with Crippen LogP contribution in [0, 0.1) is 11.6 Å². The Morgan fingerprint density at radius 3 is 2.10 bits per heavy atom. The van der Waals surface area contributed by atoms with Crippen LogP contribution in [0.25, 0.3) is 0 Å². The monoisotopic (exact) mass is 587 g/mol. The van der Waals surface area contributed by atoms with Crippen LogP contribution in [0.4, 0.5) is 35.1 Å². The molecule has 0 aliphatic carbocycles. The Labute approximate surface area is 219 Å². The molecule has 1 aliphatic heterocycles. The Hall–Kier alpha value is -2.74. The Morgan fingerprint density at radius 2 is 1.56 bits per heavy atom. The van der Waals surface area contributed by atoms with Crippen molar-refractivity contribution >= 4 is 16.0 Å². The quantitative estimate of drug-likeness (QED) is 0.301. The molecule has 1 aliphatic rings. The molecule has 1 fully saturated rings. The summed E-state index contributed by atoms with van der Waals surface area (Å²) in [7, 11) is -3.86. The van der Waals surface area contributed by atoms with Crippen molar-refractivity contribution in [1.82, 2.24) is 4.90 Å². The molecular weight excluding hydrogens is 562 g/mol. The molecule has 1 amide bonds. The fraction of sp³-hybridized carbons (Fsp3) is 0.480. The number of hydrogen-bond donors (Lipinski definition) is 0. The molecule has 2 aromatic carbocycles. The topological polar surface area (TPSA) is 63.7 Å². The maximum atomic E-state index is 14.2. The van der Waals surface area contributed by atoms with E-state index in [0.29, 0.717) is 31.4 Å². The number of amides is 1. The molecule has 0 bridgehead atoms. The van der Waals surface area contributed by atoms with Gasteiger partial charge in [0.25, 0.3) is 10.1 Å². The summed E-state index contributed by atoms with van der Waals surface area (Å²) >= 11 is 0. The lowest BCUT2D eigenvalue weighted by molar-refractivity contribution is -0.143. The average molecular weight is 588 g/mol. The Balaban J connectivity index is 1.96. The van der Waals surface area contributed by atoms with Crippen LogP contribution in [0.3, 0.4) is 0 Å². The van der Waals surface area contributed by atoms with E-state index in [4.69, 9.17) is 4.18 Å². The van der Waals surface area contributed by atoms with E-state index in [2.05, 4.69) is 0 Å². The normalized spacial score (nSPS) is 19.2. The van der Waals surface area contributed by atoms with Gasteiger partial charge in [-0.1, -0.05) is 12.5 Å². The smallest absolute Gasteiger partial charge is 0.342 e. The molecule has 0 aromatic heterocycles. The number of likely N-dealkylation sites (tertiary alicyclic amines) is 1. The molecule has 0 radical (unpaired) electrons. The Kier molecular flexibility index (Phi) is 9.00. The van der Waals surface area contributed by atoms with Gasteiger partial charge in [0.05, 0.1) is 30.4 Å². The van der Waals surface area contributed by atoms with Gasteiger partial charge >= 0.3 is 12.4 Å². The summed E-state index contributed by atoms with van der Waals surface area (Å²) in [5.41, 5.74) is -4.48. The van der Waals surface area contributed by atoms with Crippen LogP contribution in [0.1, 0.15) is 47.9 Å². The molecule has 1 saturated heterocycles. The van der Waals surface area contributed by atoms with Crippen molar-refractivity contribution in [3.8, 4) is 0 Å². The number of carbonyl (C=O) groups excluding carboxylic acids is 1. The van der Waals surface area contributed by atoms with Crippen molar-refractivity contribution < 1.29 is 52.5 Å². The Bertz CT molecular complexity index is 1280. The van der Waals surface area contributed by atoms with Gasteiger partial charge in [-0.2, -0.15) is 34.8 Å². The summed E-state index contributed by atoms with van der Waals surface area (Å²) in [4.78, 5) is 14.5. The number of hydrogen-bond acceptors (Lipinski definition) is 4. The van der Waals surface area contributed by atoms with E-state index in [-0.39, 0.29) is 37.7 Å². The van der Waals surface area contributed by atoms with Crippen molar-refractivity contribution in [1.29, 1.82) is 0 Å². The lowest BCUT2D eigenvalue weighted by atomic mass is 9.74. The van der Waals surface area contributed by atoms with Gasteiger partial charge in [-0.3, -0.25) is 8.98 Å². The molecule has 216 valence electrons. The summed E-state index contributed by atoms with van der Waals surface area (Å²) in [6.07, 6.45) is -8.99. The second kappa shape index (κ2) is 11.4. The summed E-state index contributed by atoms with van der Waals surface area (Å²) < 4.78 is 135. The van der Waals surface area contributed by atoms with Crippen LogP contribution in [-0.4, -0.2) is 45.2 Å². The van der Waals surface area contributed by atoms with Crippen molar-refractivity contribution in [3.05, 3.63) is 70.3 Å². The minimum Gasteiger partial charge on any atom is -0.342 e. The van der Waals surface area contributed by atoms with Gasteiger partial charge in [-0.15, -0.1) is 0 Å². The van der Waals surface area contributed by atoms with Crippen molar-refractivity contribution in [3.63, 3.8) is 0 Å². The zero-order valence-corrected chi connectivity index (χ0v) is 21.4. The van der Waals surface area contributed by atoms with Crippen LogP contribution in [0.5, 0.6) is 0 Å². The van der Waals surface area contributed by atoms with Crippen LogP contribution in [-0.2, 0) is 43.3 Å². The molecule has 2 aromatic rings. The first-order valence-corrected chi connectivity index (χ1v) is 13.6. The molecule has 1 heterocycles. The highest BCUT2D eigenvalue weighted by Gasteiger charge is 2.39. The number of carbonyl (C=O) groups is 1. The van der Waals surface area contributed by atoms with E-state index in [1.54, 1.807) is 0 Å². The van der Waals surface area contributed by atoms with E-state index in [1.165, 1.54) is 11.0 Å². The molecule has 1 atom stereocenters. The minimum absolute atomic E-state index is 0.0319. The minimum atomic E-state index is -5.08. The Morgan fingerprint density at radius 1 is 0.949 bits per heavy atom. The van der Waals surface area contributed by atoms with E-state index in [9.17, 15) is 48.3 Å². The number of nitrogens with zero attached hydrogens (tertiary/aromatic N) is 1. The third-order valence-corrected chi connectivity index (χ3v) is 7.19. The molecule has 14 heteroatoms. The number of alkyl halides is 6. The van der Waals surface area contributed by atoms with Gasteiger partial charge in [-0.25, -0.2) is 8.78 Å². The molecule has 0 spiro atoms. The van der Waals surface area contributed by atoms with Gasteiger partial charge in [0, 0.05) is 18.5 Å². The fourth-order valence-corrected chi connectivity index (χ4v) is 5.09. The standard InChI is InChI=1S/C25H25F8NO4S/c1-39(36,37)38-9-7-23(17-4-5-20(26)21(27)14-17)6-2-3-8-34(15-23)22(35)12-16-10-18(24(28,29)30)13-19(11-16)25(31,32)33/h4-5,10-11,13-14H,2-3,6-9,12,15H2,1H3/t23-/m1/s1. The van der Waals surface area contributed by atoms with Crippen molar-refractivity contribution in [2.24, 2.45) is 0 Å². The lowest BCUT2D eigenvalue weighted by Crippen LogP contribution is -2.44. The van der Waals surface area contributed by atoms with Gasteiger partial charge in [0.1, 0.15) is 0 Å². The average Bonchev–Trinajstić information content (AvgIpc) is 3.02. The maximum absolute atomic E-state index is 14.2. The predicted molar refractivity (Wildman–Crippen MR) is 124 cm³/mol. The lowest BCUT2D eigenvalue weighted by Gasteiger charge is -2.37. The first-order valence-electron chi connectivity index (χ1n) is 11.8. The SMILES string of the molecule is CS(=O)(=O)OCC[C@]1(c2ccc(F)c(F)c2)CCCCN(C(=O)Cc2cc(C(F)(F)F)cc(C(F)(F)F)c2)C1. The van der Waals surface area contributed by atoms with E-state index < -0.39 is 68.5 Å². The second-order valence-corrected chi connectivity index (χ2v) is 11.2. The van der Waals surface area contributed by atoms with Gasteiger partial charge in [0.2, 0.25) is 5.91 Å². The van der Waals surface area contributed by atoms with Crippen LogP contribution >= 0.6 is 0 Å². The van der Waals surface area contributed by atoms with Gasteiger partial charge < -0.3 is 4.90 Å². The van der Waals surface area contributed by atoms with E-state index in [1.807, 2.05) is 0 Å². The maximum Gasteiger partial charge on any atom is 0.416 e. The molecule has 3 rings (SSSR count). The van der Waals surface area contributed by atoms with Gasteiger partial charge in [-0.05, 0) is 60.7 Å². The van der Waals surface area contributed by atoms with Crippen LogP contribution in [0.2, 0.25) is 0 Å². The molecule has 0 saturated carbocycles. The first kappa shape index (κ1) is 30.8. The van der Waals surface area contributed by atoms with Crippen LogP contribution in [0.15, 0.2) is 36.4 Å². The molecule has 5 nitrogen and oxygen atoms in total. The second-order valence-electron chi connectivity index (χ2n) is 9.55. The van der Waals surface area contributed by atoms with Crippen LogP contribution < -0.4 is 0 Å². The largest absolute Gasteiger partial charge is 0.416 e. The molecular formula is C25H25F8NO4S. The zero-order valence-electron chi connectivity index (χ0n) is 20.6. The number of benzene rings is 2. The third kappa shape index (κ3) is 8.13. The predicted octanol–water partition coefficient (Wildman–Crippen LogP) is 5.86. The van der Waals surface area contributed by atoms with E-state index in [0.717, 1.165) is 18.4 Å². The fourth-order valence-electron chi connectivity index (χ4n) is 4.71. The summed E-state index contributed by atoms with van der Waals surface area (Å²) in [5.74, 6) is -3.09. The highest BCUT2D eigenvalue weighted by molar-refractivity contribution is 7.85.